The lowest BCUT2D eigenvalue weighted by atomic mass is 10.1. The van der Waals surface area contributed by atoms with Gasteiger partial charge in [0.2, 0.25) is 0 Å². The second-order valence-corrected chi connectivity index (χ2v) is 7.02. The number of ether oxygens (including phenoxy) is 1. The largest absolute Gasteiger partial charge is 0.496 e. The van der Waals surface area contributed by atoms with Crippen LogP contribution in [0, 0.1) is 13.8 Å². The highest BCUT2D eigenvalue weighted by atomic mass is 32.1. The molecule has 2 heterocycles. The standard InChI is InChI=1S/C18H19N5O4S/c1-10-4-5-12(27-3)11(2)16(10)21-17(26)13-8-19-18(28-13)20-14-6-7-23(22-14)9-15(24)25/h4-8H,9H2,1-3H3,(H,21,26)(H,24,25)(H,19,20,22). The first-order chi connectivity index (χ1) is 13.4. The van der Waals surface area contributed by atoms with Gasteiger partial charge in [0.25, 0.3) is 5.91 Å². The lowest BCUT2D eigenvalue weighted by Gasteiger charge is -2.14. The second-order valence-electron chi connectivity index (χ2n) is 5.99. The van der Waals surface area contributed by atoms with Crippen LogP contribution in [0.15, 0.2) is 30.6 Å². The highest BCUT2D eigenvalue weighted by Gasteiger charge is 2.15. The Morgan fingerprint density at radius 2 is 2.07 bits per heavy atom. The lowest BCUT2D eigenvalue weighted by Crippen LogP contribution is -2.12. The number of methoxy groups -OCH3 is 1. The monoisotopic (exact) mass is 401 g/mol. The summed E-state index contributed by atoms with van der Waals surface area (Å²) in [6.07, 6.45) is 3.02. The van der Waals surface area contributed by atoms with Gasteiger partial charge in [-0.1, -0.05) is 17.4 Å². The number of carboxylic acids is 1. The van der Waals surface area contributed by atoms with Gasteiger partial charge in [-0.15, -0.1) is 0 Å². The van der Waals surface area contributed by atoms with E-state index in [0.29, 0.717) is 27.3 Å². The fraction of sp³-hybridized carbons (Fsp3) is 0.222. The first kappa shape index (κ1) is 19.4. The third-order valence-corrected chi connectivity index (χ3v) is 4.90. The second kappa shape index (κ2) is 8.09. The average Bonchev–Trinajstić information content (AvgIpc) is 3.28. The van der Waals surface area contributed by atoms with Gasteiger partial charge in [-0.3, -0.25) is 14.3 Å². The summed E-state index contributed by atoms with van der Waals surface area (Å²) in [6.45, 7) is 3.57. The van der Waals surface area contributed by atoms with Gasteiger partial charge in [-0.2, -0.15) is 5.10 Å². The fourth-order valence-corrected chi connectivity index (χ4v) is 3.34. The van der Waals surface area contributed by atoms with E-state index in [4.69, 9.17) is 9.84 Å². The molecule has 3 rings (SSSR count). The molecule has 0 fully saturated rings. The maximum Gasteiger partial charge on any atom is 0.325 e. The maximum atomic E-state index is 12.6. The molecule has 10 heteroatoms. The Morgan fingerprint density at radius 1 is 1.29 bits per heavy atom. The molecule has 0 unspecified atom stereocenters. The van der Waals surface area contributed by atoms with Crippen molar-refractivity contribution in [3.05, 3.63) is 46.6 Å². The number of carbonyl (C=O) groups is 2. The van der Waals surface area contributed by atoms with Crippen LogP contribution in [-0.2, 0) is 11.3 Å². The van der Waals surface area contributed by atoms with Crippen molar-refractivity contribution in [3.63, 3.8) is 0 Å². The Hall–Kier alpha value is -3.40. The zero-order chi connectivity index (χ0) is 20.3. The molecular formula is C18H19N5O4S. The Balaban J connectivity index is 1.71. The van der Waals surface area contributed by atoms with Crippen LogP contribution in [0.3, 0.4) is 0 Å². The molecule has 0 spiro atoms. The number of hydrogen-bond donors (Lipinski definition) is 3. The van der Waals surface area contributed by atoms with E-state index < -0.39 is 5.97 Å². The molecule has 0 aliphatic rings. The molecule has 9 nitrogen and oxygen atoms in total. The Bertz CT molecular complexity index is 1030. The summed E-state index contributed by atoms with van der Waals surface area (Å²) in [7, 11) is 1.59. The highest BCUT2D eigenvalue weighted by Crippen LogP contribution is 2.30. The van der Waals surface area contributed by atoms with Crippen molar-refractivity contribution < 1.29 is 19.4 Å². The van der Waals surface area contributed by atoms with Gasteiger partial charge in [-0.05, 0) is 25.5 Å². The van der Waals surface area contributed by atoms with Gasteiger partial charge < -0.3 is 20.5 Å². The van der Waals surface area contributed by atoms with Crippen molar-refractivity contribution in [1.29, 1.82) is 0 Å². The summed E-state index contributed by atoms with van der Waals surface area (Å²) in [5.41, 5.74) is 2.49. The number of benzene rings is 1. The van der Waals surface area contributed by atoms with E-state index in [-0.39, 0.29) is 12.5 Å². The predicted octanol–water partition coefficient (Wildman–Crippen LogP) is 3.05. The lowest BCUT2D eigenvalue weighted by molar-refractivity contribution is -0.137. The Kier molecular flexibility index (Phi) is 5.59. The Labute approximate surface area is 165 Å². The van der Waals surface area contributed by atoms with Gasteiger partial charge in [0.15, 0.2) is 10.9 Å². The molecule has 0 saturated carbocycles. The number of nitrogens with one attached hydrogen (secondary N) is 2. The number of thiazole rings is 1. The number of anilines is 3. The molecule has 0 atom stereocenters. The molecule has 3 N–H and O–H groups in total. The predicted molar refractivity (Wildman–Crippen MR) is 106 cm³/mol. The van der Waals surface area contributed by atoms with Crippen LogP contribution in [-0.4, -0.2) is 38.9 Å². The van der Waals surface area contributed by atoms with Crippen LogP contribution in [0.25, 0.3) is 0 Å². The number of aromatic nitrogens is 3. The molecule has 2 aromatic heterocycles. The summed E-state index contributed by atoms with van der Waals surface area (Å²) in [5.74, 6) is -0.112. The van der Waals surface area contributed by atoms with Crippen LogP contribution in [0.5, 0.6) is 5.75 Å². The highest BCUT2D eigenvalue weighted by molar-refractivity contribution is 7.17. The third kappa shape index (κ3) is 4.29. The first-order valence-corrected chi connectivity index (χ1v) is 9.12. The molecule has 28 heavy (non-hydrogen) atoms. The van der Waals surface area contributed by atoms with Gasteiger partial charge in [0, 0.05) is 17.8 Å². The van der Waals surface area contributed by atoms with E-state index in [1.165, 1.54) is 22.2 Å². The number of carboxylic acid groups (broad SMARTS) is 1. The molecular weight excluding hydrogens is 382 g/mol. The SMILES string of the molecule is COc1ccc(C)c(NC(=O)c2cnc(Nc3ccn(CC(=O)O)n3)s2)c1C. The minimum atomic E-state index is -0.981. The third-order valence-electron chi connectivity index (χ3n) is 3.98. The van der Waals surface area contributed by atoms with Gasteiger partial charge in [-0.25, -0.2) is 4.98 Å². The van der Waals surface area contributed by atoms with Crippen molar-refractivity contribution in [2.24, 2.45) is 0 Å². The molecule has 0 radical (unpaired) electrons. The number of carbonyl (C=O) groups excluding carboxylic acids is 1. The first-order valence-electron chi connectivity index (χ1n) is 8.31. The molecule has 1 aromatic carbocycles. The van der Waals surface area contributed by atoms with Gasteiger partial charge >= 0.3 is 5.97 Å². The minimum absolute atomic E-state index is 0.230. The molecule has 0 aliphatic carbocycles. The van der Waals surface area contributed by atoms with E-state index in [9.17, 15) is 9.59 Å². The topological polar surface area (TPSA) is 118 Å². The maximum absolute atomic E-state index is 12.6. The van der Waals surface area contributed by atoms with E-state index >= 15 is 0 Å². The summed E-state index contributed by atoms with van der Waals surface area (Å²) in [6, 6.07) is 5.38. The summed E-state index contributed by atoms with van der Waals surface area (Å²) in [5, 5.41) is 19.2. The molecule has 0 saturated heterocycles. The van der Waals surface area contributed by atoms with E-state index in [0.717, 1.165) is 11.1 Å². The molecule has 1 amide bonds. The number of nitrogens with zero attached hydrogens (tertiary/aromatic N) is 3. The summed E-state index contributed by atoms with van der Waals surface area (Å²) >= 11 is 1.17. The quantitative estimate of drug-likeness (QED) is 0.557. The number of hydrogen-bond acceptors (Lipinski definition) is 7. The van der Waals surface area contributed by atoms with Gasteiger partial charge in [0.1, 0.15) is 17.2 Å². The van der Waals surface area contributed by atoms with Crippen molar-refractivity contribution in [3.8, 4) is 5.75 Å². The van der Waals surface area contributed by atoms with Crippen LogP contribution in [0.4, 0.5) is 16.6 Å². The van der Waals surface area contributed by atoms with Crippen molar-refractivity contribution in [1.82, 2.24) is 14.8 Å². The average molecular weight is 401 g/mol. The normalized spacial score (nSPS) is 10.5. The minimum Gasteiger partial charge on any atom is -0.496 e. The number of rotatable bonds is 7. The molecule has 0 aliphatic heterocycles. The zero-order valence-electron chi connectivity index (χ0n) is 15.5. The zero-order valence-corrected chi connectivity index (χ0v) is 16.3. The summed E-state index contributed by atoms with van der Waals surface area (Å²) < 4.78 is 6.60. The number of aryl methyl sites for hydroxylation is 1. The van der Waals surface area contributed by atoms with E-state index in [1.54, 1.807) is 19.4 Å². The smallest absolute Gasteiger partial charge is 0.325 e. The number of aliphatic carboxylic acids is 1. The van der Waals surface area contributed by atoms with E-state index in [1.807, 2.05) is 26.0 Å². The molecule has 3 aromatic rings. The fourth-order valence-electron chi connectivity index (χ4n) is 2.62. The van der Waals surface area contributed by atoms with Crippen molar-refractivity contribution in [2.75, 3.05) is 17.7 Å². The van der Waals surface area contributed by atoms with Crippen LogP contribution >= 0.6 is 11.3 Å². The van der Waals surface area contributed by atoms with Gasteiger partial charge in [0.05, 0.1) is 19.0 Å². The Morgan fingerprint density at radius 3 is 2.79 bits per heavy atom. The summed E-state index contributed by atoms with van der Waals surface area (Å²) in [4.78, 5) is 27.9. The van der Waals surface area contributed by atoms with Crippen molar-refractivity contribution >= 4 is 39.9 Å². The van der Waals surface area contributed by atoms with E-state index in [2.05, 4.69) is 20.7 Å². The van der Waals surface area contributed by atoms with Crippen LogP contribution in [0.2, 0.25) is 0 Å². The van der Waals surface area contributed by atoms with Crippen molar-refractivity contribution in [2.45, 2.75) is 20.4 Å². The number of amides is 1. The molecule has 0 bridgehead atoms. The van der Waals surface area contributed by atoms with Crippen LogP contribution in [0.1, 0.15) is 20.8 Å². The van der Waals surface area contributed by atoms with Crippen LogP contribution < -0.4 is 15.4 Å². The molecule has 146 valence electrons.